The molecule has 1 aliphatic rings. The van der Waals surface area contributed by atoms with Crippen molar-refractivity contribution in [3.63, 3.8) is 0 Å². The van der Waals surface area contributed by atoms with E-state index in [9.17, 15) is 9.50 Å². The van der Waals surface area contributed by atoms with Crippen LogP contribution < -0.4 is 10.1 Å². The summed E-state index contributed by atoms with van der Waals surface area (Å²) in [6.07, 6.45) is 0.911. The molecule has 3 nitrogen and oxygen atoms in total. The normalized spacial score (nSPS) is 17.1. The van der Waals surface area contributed by atoms with Gasteiger partial charge in [-0.1, -0.05) is 12.1 Å². The molecule has 5 heteroatoms. The summed E-state index contributed by atoms with van der Waals surface area (Å²) >= 11 is 1.55. The number of aromatic hydroxyl groups is 1. The van der Waals surface area contributed by atoms with E-state index in [1.807, 2.05) is 12.1 Å². The molecule has 2 aromatic rings. The molecule has 110 valence electrons. The van der Waals surface area contributed by atoms with Crippen LogP contribution in [0.3, 0.4) is 0 Å². The molecule has 0 fully saturated rings. The molecular formula is C16H16FNO2S. The van der Waals surface area contributed by atoms with Crippen molar-refractivity contribution in [3.8, 4) is 11.5 Å². The minimum Gasteiger partial charge on any atom is -0.504 e. The summed E-state index contributed by atoms with van der Waals surface area (Å²) in [7, 11) is 1.51. The lowest BCUT2D eigenvalue weighted by Gasteiger charge is -2.27. The molecular weight excluding hydrogens is 289 g/mol. The number of anilines is 1. The number of thioether (sulfide) groups is 1. The first-order chi connectivity index (χ1) is 10.2. The van der Waals surface area contributed by atoms with Crippen LogP contribution in [-0.2, 0) is 0 Å². The van der Waals surface area contributed by atoms with Crippen molar-refractivity contribution in [1.29, 1.82) is 0 Å². The standard InChI is InChI=1S/C16H16FNO2S/c1-20-15-6-5-10(9-14(15)19)18-13-7-8-21-16-11(13)3-2-4-12(16)17/h2-6,9,13,18-19H,7-8H2,1H3. The fourth-order valence-corrected chi connectivity index (χ4v) is 3.66. The van der Waals surface area contributed by atoms with Gasteiger partial charge in [0.15, 0.2) is 11.5 Å². The zero-order valence-corrected chi connectivity index (χ0v) is 12.4. The number of rotatable bonds is 3. The summed E-state index contributed by atoms with van der Waals surface area (Å²) in [5.74, 6) is 1.23. The number of fused-ring (bicyclic) bond motifs is 1. The van der Waals surface area contributed by atoms with Gasteiger partial charge in [-0.2, -0.15) is 0 Å². The Labute approximate surface area is 127 Å². The van der Waals surface area contributed by atoms with Crippen molar-refractivity contribution in [2.45, 2.75) is 17.4 Å². The molecule has 1 heterocycles. The van der Waals surface area contributed by atoms with Crippen molar-refractivity contribution in [3.05, 3.63) is 47.8 Å². The average Bonchev–Trinajstić information content (AvgIpc) is 2.49. The van der Waals surface area contributed by atoms with Crippen LogP contribution in [0, 0.1) is 5.82 Å². The molecule has 21 heavy (non-hydrogen) atoms. The van der Waals surface area contributed by atoms with Gasteiger partial charge in [0.1, 0.15) is 5.82 Å². The maximum absolute atomic E-state index is 13.8. The number of nitrogens with one attached hydrogen (secondary N) is 1. The van der Waals surface area contributed by atoms with Gasteiger partial charge in [0.05, 0.1) is 13.2 Å². The van der Waals surface area contributed by atoms with Crippen molar-refractivity contribution in [1.82, 2.24) is 0 Å². The third kappa shape index (κ3) is 2.78. The van der Waals surface area contributed by atoms with Crippen molar-refractivity contribution >= 4 is 17.4 Å². The zero-order valence-electron chi connectivity index (χ0n) is 11.6. The molecule has 0 saturated heterocycles. The summed E-state index contributed by atoms with van der Waals surface area (Å²) in [6.45, 7) is 0. The summed E-state index contributed by atoms with van der Waals surface area (Å²) < 4.78 is 18.9. The van der Waals surface area contributed by atoms with Gasteiger partial charge in [-0.25, -0.2) is 4.39 Å². The van der Waals surface area contributed by atoms with Crippen LogP contribution in [0.1, 0.15) is 18.0 Å². The summed E-state index contributed by atoms with van der Waals surface area (Å²) in [5.41, 5.74) is 1.77. The van der Waals surface area contributed by atoms with Crippen molar-refractivity contribution < 1.29 is 14.2 Å². The second-order valence-electron chi connectivity index (χ2n) is 4.88. The Kier molecular flexibility index (Phi) is 3.92. The topological polar surface area (TPSA) is 41.5 Å². The molecule has 0 aromatic heterocycles. The van der Waals surface area contributed by atoms with E-state index in [0.717, 1.165) is 28.3 Å². The predicted octanol–water partition coefficient (Wildman–Crippen LogP) is 4.19. The molecule has 0 aliphatic carbocycles. The first-order valence-electron chi connectivity index (χ1n) is 6.74. The first kappa shape index (κ1) is 14.1. The van der Waals surface area contributed by atoms with E-state index in [-0.39, 0.29) is 17.6 Å². The lowest BCUT2D eigenvalue weighted by atomic mass is 10.0. The number of methoxy groups -OCH3 is 1. The molecule has 0 radical (unpaired) electrons. The Bertz CT molecular complexity index is 663. The monoisotopic (exact) mass is 305 g/mol. The second-order valence-corrected chi connectivity index (χ2v) is 5.98. The van der Waals surface area contributed by atoms with Crippen LogP contribution in [0.5, 0.6) is 11.5 Å². The highest BCUT2D eigenvalue weighted by atomic mass is 32.2. The van der Waals surface area contributed by atoms with E-state index in [1.54, 1.807) is 30.0 Å². The molecule has 2 aromatic carbocycles. The number of phenols is 1. The molecule has 0 bridgehead atoms. The quantitative estimate of drug-likeness (QED) is 0.892. The van der Waals surface area contributed by atoms with Crippen molar-refractivity contribution in [2.24, 2.45) is 0 Å². The van der Waals surface area contributed by atoms with Gasteiger partial charge in [-0.15, -0.1) is 11.8 Å². The summed E-state index contributed by atoms with van der Waals surface area (Å²) in [6, 6.07) is 10.4. The molecule has 0 saturated carbocycles. The molecule has 1 atom stereocenters. The number of ether oxygens (including phenoxy) is 1. The fraction of sp³-hybridized carbons (Fsp3) is 0.250. The Balaban J connectivity index is 1.87. The van der Waals surface area contributed by atoms with E-state index in [1.165, 1.54) is 13.2 Å². The Morgan fingerprint density at radius 3 is 2.95 bits per heavy atom. The number of hydrogen-bond donors (Lipinski definition) is 2. The minimum atomic E-state index is -0.165. The third-order valence-electron chi connectivity index (χ3n) is 3.55. The Morgan fingerprint density at radius 2 is 2.19 bits per heavy atom. The Hall–Kier alpha value is -1.88. The van der Waals surface area contributed by atoms with Crippen LogP contribution in [0.25, 0.3) is 0 Å². The Morgan fingerprint density at radius 1 is 1.33 bits per heavy atom. The molecule has 0 amide bonds. The number of halogens is 1. The van der Waals surface area contributed by atoms with E-state index in [0.29, 0.717) is 5.75 Å². The average molecular weight is 305 g/mol. The van der Waals surface area contributed by atoms with Gasteiger partial charge in [-0.3, -0.25) is 0 Å². The van der Waals surface area contributed by atoms with Gasteiger partial charge in [-0.05, 0) is 30.2 Å². The van der Waals surface area contributed by atoms with Gasteiger partial charge in [0.25, 0.3) is 0 Å². The van der Waals surface area contributed by atoms with Crippen LogP contribution in [-0.4, -0.2) is 18.0 Å². The van der Waals surface area contributed by atoms with Crippen LogP contribution >= 0.6 is 11.8 Å². The molecule has 2 N–H and O–H groups in total. The van der Waals surface area contributed by atoms with Crippen molar-refractivity contribution in [2.75, 3.05) is 18.2 Å². The fourth-order valence-electron chi connectivity index (χ4n) is 2.52. The highest BCUT2D eigenvalue weighted by molar-refractivity contribution is 7.99. The smallest absolute Gasteiger partial charge is 0.160 e. The molecule has 0 spiro atoms. The van der Waals surface area contributed by atoms with E-state index < -0.39 is 0 Å². The van der Waals surface area contributed by atoms with E-state index >= 15 is 0 Å². The van der Waals surface area contributed by atoms with E-state index in [4.69, 9.17) is 4.74 Å². The van der Waals surface area contributed by atoms with Gasteiger partial charge in [0.2, 0.25) is 0 Å². The highest BCUT2D eigenvalue weighted by Gasteiger charge is 2.23. The molecule has 1 aliphatic heterocycles. The van der Waals surface area contributed by atoms with E-state index in [2.05, 4.69) is 5.32 Å². The number of phenolic OH excluding ortho intramolecular Hbond substituents is 1. The maximum atomic E-state index is 13.8. The van der Waals surface area contributed by atoms with Gasteiger partial charge >= 0.3 is 0 Å². The summed E-state index contributed by atoms with van der Waals surface area (Å²) in [5, 5.41) is 13.2. The second kappa shape index (κ2) is 5.85. The largest absolute Gasteiger partial charge is 0.504 e. The molecule has 1 unspecified atom stereocenters. The molecule has 3 rings (SSSR count). The maximum Gasteiger partial charge on any atom is 0.160 e. The van der Waals surface area contributed by atoms with Crippen LogP contribution in [0.2, 0.25) is 0 Å². The zero-order chi connectivity index (χ0) is 14.8. The van der Waals surface area contributed by atoms with Crippen LogP contribution in [0.4, 0.5) is 10.1 Å². The SMILES string of the molecule is COc1ccc(NC2CCSc3c(F)cccc32)cc1O. The lowest BCUT2D eigenvalue weighted by molar-refractivity contribution is 0.373. The predicted molar refractivity (Wildman–Crippen MR) is 82.8 cm³/mol. The first-order valence-corrected chi connectivity index (χ1v) is 7.72. The highest BCUT2D eigenvalue weighted by Crippen LogP contribution is 2.40. The number of benzene rings is 2. The summed E-state index contributed by atoms with van der Waals surface area (Å²) in [4.78, 5) is 0.721. The van der Waals surface area contributed by atoms with Gasteiger partial charge in [0, 0.05) is 22.4 Å². The number of hydrogen-bond acceptors (Lipinski definition) is 4. The lowest BCUT2D eigenvalue weighted by Crippen LogP contribution is -2.16. The van der Waals surface area contributed by atoms with Gasteiger partial charge < -0.3 is 15.2 Å². The van der Waals surface area contributed by atoms with Crippen LogP contribution in [0.15, 0.2) is 41.3 Å². The third-order valence-corrected chi connectivity index (χ3v) is 4.70. The minimum absolute atomic E-state index is 0.0461.